The van der Waals surface area contributed by atoms with Crippen LogP contribution in [0.2, 0.25) is 5.02 Å². The Bertz CT molecular complexity index is 567. The zero-order valence-corrected chi connectivity index (χ0v) is 12.5. The van der Waals surface area contributed by atoms with E-state index in [2.05, 4.69) is 29.8 Å². The van der Waals surface area contributed by atoms with Gasteiger partial charge < -0.3 is 5.32 Å². The van der Waals surface area contributed by atoms with Gasteiger partial charge in [0.05, 0.1) is 10.7 Å². The van der Waals surface area contributed by atoms with E-state index in [0.29, 0.717) is 11.8 Å². The van der Waals surface area contributed by atoms with E-state index >= 15 is 0 Å². The Labute approximate surface area is 122 Å². The highest BCUT2D eigenvalue weighted by molar-refractivity contribution is 7.09. The van der Waals surface area contributed by atoms with Crippen LogP contribution in [-0.4, -0.2) is 18.1 Å². The third-order valence-corrected chi connectivity index (χ3v) is 4.80. The summed E-state index contributed by atoms with van der Waals surface area (Å²) in [6, 6.07) is 8.24. The van der Waals surface area contributed by atoms with Crippen LogP contribution in [0.4, 0.5) is 0 Å². The summed E-state index contributed by atoms with van der Waals surface area (Å²) in [5.74, 6) is 0.971. The van der Waals surface area contributed by atoms with Crippen LogP contribution in [0.5, 0.6) is 0 Å². The molecule has 2 aromatic rings. The Morgan fingerprint density at radius 1 is 1.37 bits per heavy atom. The van der Waals surface area contributed by atoms with Gasteiger partial charge >= 0.3 is 0 Å². The molecule has 100 valence electrons. The van der Waals surface area contributed by atoms with Crippen LogP contribution in [0.3, 0.4) is 0 Å². The Morgan fingerprint density at radius 2 is 2.26 bits per heavy atom. The lowest BCUT2D eigenvalue weighted by Gasteiger charge is -2.31. The van der Waals surface area contributed by atoms with Crippen LogP contribution >= 0.6 is 22.9 Å². The highest BCUT2D eigenvalue weighted by Crippen LogP contribution is 2.38. The minimum atomic E-state index is 0.467. The highest BCUT2D eigenvalue weighted by atomic mass is 35.5. The van der Waals surface area contributed by atoms with Crippen LogP contribution in [0, 0.1) is 6.92 Å². The van der Waals surface area contributed by atoms with Crippen LogP contribution in [0.15, 0.2) is 29.6 Å². The van der Waals surface area contributed by atoms with Crippen molar-refractivity contribution in [2.75, 3.05) is 13.1 Å². The topological polar surface area (TPSA) is 24.9 Å². The molecule has 1 aromatic carbocycles. The number of aryl methyl sites for hydroxylation is 1. The minimum absolute atomic E-state index is 0.467. The monoisotopic (exact) mass is 292 g/mol. The van der Waals surface area contributed by atoms with Gasteiger partial charge in [0.1, 0.15) is 0 Å². The summed E-state index contributed by atoms with van der Waals surface area (Å²) >= 11 is 7.87. The largest absolute Gasteiger partial charge is 0.316 e. The van der Waals surface area contributed by atoms with Crippen LogP contribution < -0.4 is 5.32 Å². The van der Waals surface area contributed by atoms with Crippen molar-refractivity contribution in [2.24, 2.45) is 0 Å². The first-order chi connectivity index (χ1) is 9.24. The lowest BCUT2D eigenvalue weighted by atomic mass is 9.80. The molecule has 2 heterocycles. The number of nitrogens with one attached hydrogen (secondary N) is 1. The molecular formula is C15H17ClN2S. The average molecular weight is 293 g/mol. The first-order valence-electron chi connectivity index (χ1n) is 6.62. The lowest BCUT2D eigenvalue weighted by molar-refractivity contribution is 0.399. The molecule has 2 atom stereocenters. The molecule has 1 aliphatic heterocycles. The maximum atomic E-state index is 6.13. The molecule has 4 heteroatoms. The maximum Gasteiger partial charge on any atom is 0.0897 e. The molecule has 2 nitrogen and oxygen atoms in total. The van der Waals surface area contributed by atoms with Gasteiger partial charge in [-0.25, -0.2) is 4.98 Å². The van der Waals surface area contributed by atoms with E-state index in [1.807, 2.05) is 12.1 Å². The fraction of sp³-hybridized carbons (Fsp3) is 0.400. The summed E-state index contributed by atoms with van der Waals surface area (Å²) < 4.78 is 0. The van der Waals surface area contributed by atoms with Gasteiger partial charge in [-0.3, -0.25) is 0 Å². The fourth-order valence-corrected chi connectivity index (χ4v) is 3.73. The second-order valence-electron chi connectivity index (χ2n) is 5.05. The zero-order chi connectivity index (χ0) is 13.2. The second-order valence-corrected chi connectivity index (χ2v) is 6.55. The van der Waals surface area contributed by atoms with E-state index in [4.69, 9.17) is 16.6 Å². The van der Waals surface area contributed by atoms with Crippen molar-refractivity contribution in [1.82, 2.24) is 10.3 Å². The van der Waals surface area contributed by atoms with Crippen LogP contribution in [-0.2, 0) is 0 Å². The number of hydrogen-bond donors (Lipinski definition) is 1. The first-order valence-corrected chi connectivity index (χ1v) is 7.88. The quantitative estimate of drug-likeness (QED) is 0.906. The van der Waals surface area contributed by atoms with Gasteiger partial charge in [-0.05, 0) is 37.6 Å². The Hall–Kier alpha value is -0.900. The third kappa shape index (κ3) is 2.83. The predicted molar refractivity (Wildman–Crippen MR) is 81.3 cm³/mol. The molecule has 0 radical (unpaired) electrons. The van der Waals surface area contributed by atoms with Gasteiger partial charge in [0.15, 0.2) is 0 Å². The van der Waals surface area contributed by atoms with Crippen LogP contribution in [0.1, 0.15) is 34.5 Å². The number of halogens is 1. The van der Waals surface area contributed by atoms with E-state index in [1.54, 1.807) is 11.3 Å². The molecule has 1 N–H and O–H groups in total. The van der Waals surface area contributed by atoms with Crippen molar-refractivity contribution < 1.29 is 0 Å². The van der Waals surface area contributed by atoms with E-state index in [-0.39, 0.29) is 0 Å². The molecule has 1 saturated heterocycles. The number of aromatic nitrogens is 1. The van der Waals surface area contributed by atoms with Crippen molar-refractivity contribution in [3.63, 3.8) is 0 Å². The second kappa shape index (κ2) is 5.61. The zero-order valence-electron chi connectivity index (χ0n) is 10.9. The number of rotatable bonds is 2. The third-order valence-electron chi connectivity index (χ3n) is 3.78. The molecule has 2 unspecified atom stereocenters. The van der Waals surface area contributed by atoms with Gasteiger partial charge in [0.2, 0.25) is 0 Å². The Kier molecular flexibility index (Phi) is 3.87. The number of piperidine rings is 1. The number of nitrogens with zero attached hydrogens (tertiary/aromatic N) is 1. The highest BCUT2D eigenvalue weighted by Gasteiger charge is 2.29. The SMILES string of the molecule is Cc1nc(C2CCNCC2c2cccc(Cl)c2)cs1. The molecule has 0 aliphatic carbocycles. The average Bonchev–Trinajstić information content (AvgIpc) is 2.85. The van der Waals surface area contributed by atoms with E-state index in [1.165, 1.54) is 11.3 Å². The van der Waals surface area contributed by atoms with E-state index in [0.717, 1.165) is 29.5 Å². The summed E-state index contributed by atoms with van der Waals surface area (Å²) in [5, 5.41) is 7.67. The van der Waals surface area contributed by atoms with E-state index < -0.39 is 0 Å². The molecule has 0 saturated carbocycles. The summed E-state index contributed by atoms with van der Waals surface area (Å²) in [6.45, 7) is 4.14. The van der Waals surface area contributed by atoms with Gasteiger partial charge in [-0.1, -0.05) is 23.7 Å². The summed E-state index contributed by atoms with van der Waals surface area (Å²) in [6.07, 6.45) is 1.14. The molecule has 0 amide bonds. The van der Waals surface area contributed by atoms with Gasteiger partial charge in [0.25, 0.3) is 0 Å². The molecule has 1 aliphatic rings. The van der Waals surface area contributed by atoms with E-state index in [9.17, 15) is 0 Å². The lowest BCUT2D eigenvalue weighted by Crippen LogP contribution is -2.34. The fourth-order valence-electron chi connectivity index (χ4n) is 2.85. The van der Waals surface area contributed by atoms with Gasteiger partial charge in [0, 0.05) is 28.8 Å². The molecule has 0 bridgehead atoms. The summed E-state index contributed by atoms with van der Waals surface area (Å²) in [5.41, 5.74) is 2.56. The molecule has 1 aromatic heterocycles. The smallest absolute Gasteiger partial charge is 0.0897 e. The van der Waals surface area contributed by atoms with Gasteiger partial charge in [-0.15, -0.1) is 11.3 Å². The molecule has 0 spiro atoms. The van der Waals surface area contributed by atoms with Crippen molar-refractivity contribution >= 4 is 22.9 Å². The van der Waals surface area contributed by atoms with Crippen molar-refractivity contribution in [1.29, 1.82) is 0 Å². The summed E-state index contributed by atoms with van der Waals surface area (Å²) in [7, 11) is 0. The first kappa shape index (κ1) is 13.1. The number of thiazole rings is 1. The molecule has 19 heavy (non-hydrogen) atoms. The Balaban J connectivity index is 1.93. The normalized spacial score (nSPS) is 23.5. The van der Waals surface area contributed by atoms with Crippen molar-refractivity contribution in [3.8, 4) is 0 Å². The Morgan fingerprint density at radius 3 is 3.00 bits per heavy atom. The number of hydrogen-bond acceptors (Lipinski definition) is 3. The molecule has 1 fully saturated rings. The van der Waals surface area contributed by atoms with Crippen molar-refractivity contribution in [3.05, 3.63) is 50.9 Å². The predicted octanol–water partition coefficient (Wildman–Crippen LogP) is 3.97. The minimum Gasteiger partial charge on any atom is -0.316 e. The van der Waals surface area contributed by atoms with Crippen LogP contribution in [0.25, 0.3) is 0 Å². The standard InChI is InChI=1S/C15H17ClN2S/c1-10-18-15(9-19-10)13-5-6-17-8-14(13)11-3-2-4-12(16)7-11/h2-4,7,9,13-14,17H,5-6,8H2,1H3. The maximum absolute atomic E-state index is 6.13. The van der Waals surface area contributed by atoms with Crippen molar-refractivity contribution in [2.45, 2.75) is 25.2 Å². The molecule has 3 rings (SSSR count). The number of benzene rings is 1. The van der Waals surface area contributed by atoms with Gasteiger partial charge in [-0.2, -0.15) is 0 Å². The molecular weight excluding hydrogens is 276 g/mol. The summed E-state index contributed by atoms with van der Waals surface area (Å²) in [4.78, 5) is 4.69.